The molecular formula is C30H50O2. The molecule has 4 aliphatic carbocycles. The van der Waals surface area contributed by atoms with E-state index in [1.165, 1.54) is 51.4 Å². The lowest BCUT2D eigenvalue weighted by Gasteiger charge is -2.67. The maximum Gasteiger partial charge on any atom is 0.303 e. The number of carbonyl (C=O) groups is 1. The van der Waals surface area contributed by atoms with Crippen LogP contribution in [0.1, 0.15) is 120 Å². The Hall–Kier alpha value is -0.790. The van der Waals surface area contributed by atoms with E-state index in [0.29, 0.717) is 40.4 Å². The average molecular weight is 443 g/mol. The highest BCUT2D eigenvalue weighted by atomic mass is 16.4. The third kappa shape index (κ3) is 3.52. The van der Waals surface area contributed by atoms with Gasteiger partial charge in [0, 0.05) is 6.42 Å². The van der Waals surface area contributed by atoms with E-state index < -0.39 is 5.97 Å². The van der Waals surface area contributed by atoms with Crippen LogP contribution in [0.4, 0.5) is 0 Å². The van der Waals surface area contributed by atoms with Crippen molar-refractivity contribution in [2.75, 3.05) is 0 Å². The minimum absolute atomic E-state index is 0.232. The molecule has 4 aliphatic rings. The SMILES string of the molecule is CC(C)[C@]1(C)CC[C@@H]2C3=CC[C@@]4(C)CCC(C)(C)CC4[C@]3(C)CC[C@@]2(C)[C@@H]1CCC(=O)O. The van der Waals surface area contributed by atoms with Gasteiger partial charge in [0.2, 0.25) is 0 Å². The zero-order valence-corrected chi connectivity index (χ0v) is 22.3. The Bertz CT molecular complexity index is 793. The van der Waals surface area contributed by atoms with Gasteiger partial charge < -0.3 is 5.11 Å². The van der Waals surface area contributed by atoms with Gasteiger partial charge in [0.15, 0.2) is 0 Å². The first-order valence-electron chi connectivity index (χ1n) is 13.6. The number of hydrogen-bond acceptors (Lipinski definition) is 1. The Kier molecular flexibility index (Phi) is 5.79. The van der Waals surface area contributed by atoms with Gasteiger partial charge in [-0.25, -0.2) is 0 Å². The Morgan fingerprint density at radius 3 is 2.34 bits per heavy atom. The van der Waals surface area contributed by atoms with E-state index >= 15 is 0 Å². The summed E-state index contributed by atoms with van der Waals surface area (Å²) in [7, 11) is 0. The second-order valence-corrected chi connectivity index (χ2v) is 14.6. The second-order valence-electron chi connectivity index (χ2n) is 14.6. The highest BCUT2D eigenvalue weighted by Crippen LogP contribution is 2.72. The fourth-order valence-corrected chi connectivity index (χ4v) is 9.54. The molecule has 0 spiro atoms. The van der Waals surface area contributed by atoms with Crippen molar-refractivity contribution in [1.29, 1.82) is 0 Å². The van der Waals surface area contributed by atoms with Crippen LogP contribution in [0.25, 0.3) is 0 Å². The lowest BCUT2D eigenvalue weighted by atomic mass is 9.37. The molecule has 0 amide bonds. The maximum absolute atomic E-state index is 11.6. The van der Waals surface area contributed by atoms with Gasteiger partial charge in [0.05, 0.1) is 0 Å². The first-order chi connectivity index (χ1) is 14.7. The minimum atomic E-state index is -0.625. The minimum Gasteiger partial charge on any atom is -0.481 e. The van der Waals surface area contributed by atoms with Crippen molar-refractivity contribution in [2.45, 2.75) is 120 Å². The third-order valence-electron chi connectivity index (χ3n) is 12.1. The summed E-state index contributed by atoms with van der Waals surface area (Å²) in [6.07, 6.45) is 14.3. The molecule has 7 atom stereocenters. The largest absolute Gasteiger partial charge is 0.481 e. The Labute approximate surface area is 198 Å². The number of fused-ring (bicyclic) bond motifs is 5. The Balaban J connectivity index is 1.73. The molecule has 1 N–H and O–H groups in total. The molecule has 4 rings (SSSR count). The van der Waals surface area contributed by atoms with Gasteiger partial charge in [-0.05, 0) is 109 Å². The molecule has 2 nitrogen and oxygen atoms in total. The summed E-state index contributed by atoms with van der Waals surface area (Å²) in [5, 5.41) is 9.56. The molecule has 0 aromatic heterocycles. The fraction of sp³-hybridized carbons (Fsp3) is 0.900. The standard InChI is InChI=1S/C30H50O2/c1-20(2)28(6)14-12-22-21-11-13-27(5)16-15-26(3,4)19-24(27)30(21,8)18-17-29(22,7)23(28)9-10-25(31)32/h11,20,22-24H,9-10,12-19H2,1-8H3,(H,31,32)/t22-,23-,24?,27+,28+,29-,30-/m1/s1. The maximum atomic E-state index is 11.6. The van der Waals surface area contributed by atoms with E-state index in [1.54, 1.807) is 5.57 Å². The molecule has 0 radical (unpaired) electrons. The monoisotopic (exact) mass is 442 g/mol. The van der Waals surface area contributed by atoms with Crippen LogP contribution in [0.2, 0.25) is 0 Å². The van der Waals surface area contributed by atoms with Gasteiger partial charge >= 0.3 is 5.97 Å². The van der Waals surface area contributed by atoms with Crippen molar-refractivity contribution in [1.82, 2.24) is 0 Å². The molecule has 3 saturated carbocycles. The van der Waals surface area contributed by atoms with Crippen molar-refractivity contribution in [2.24, 2.45) is 50.7 Å². The van der Waals surface area contributed by atoms with E-state index in [2.05, 4.69) is 61.5 Å². The number of carboxylic acids is 1. The summed E-state index contributed by atoms with van der Waals surface area (Å²) in [5.74, 6) is 1.89. The normalized spacial score (nSPS) is 47.8. The number of carboxylic acid groups (broad SMARTS) is 1. The molecule has 1 unspecified atom stereocenters. The van der Waals surface area contributed by atoms with E-state index in [-0.39, 0.29) is 10.8 Å². The van der Waals surface area contributed by atoms with Crippen LogP contribution >= 0.6 is 0 Å². The first-order valence-corrected chi connectivity index (χ1v) is 13.6. The van der Waals surface area contributed by atoms with Gasteiger partial charge in [-0.2, -0.15) is 0 Å². The lowest BCUT2D eigenvalue weighted by molar-refractivity contribution is -0.143. The van der Waals surface area contributed by atoms with Crippen LogP contribution in [0.15, 0.2) is 11.6 Å². The van der Waals surface area contributed by atoms with Crippen molar-refractivity contribution in [3.05, 3.63) is 11.6 Å². The summed E-state index contributed by atoms with van der Waals surface area (Å²) < 4.78 is 0. The molecule has 0 aromatic rings. The summed E-state index contributed by atoms with van der Waals surface area (Å²) >= 11 is 0. The highest BCUT2D eigenvalue weighted by Gasteiger charge is 2.63. The molecule has 0 aliphatic heterocycles. The first kappa shape index (κ1) is 24.3. The molecule has 2 heteroatoms. The van der Waals surface area contributed by atoms with Crippen LogP contribution in [-0.4, -0.2) is 11.1 Å². The lowest BCUT2D eigenvalue weighted by Crippen LogP contribution is -2.59. The second kappa shape index (κ2) is 7.61. The molecule has 3 fully saturated rings. The predicted octanol–water partition coefficient (Wildman–Crippen LogP) is 8.51. The smallest absolute Gasteiger partial charge is 0.303 e. The van der Waals surface area contributed by atoms with E-state index in [4.69, 9.17) is 0 Å². The molecule has 0 saturated heterocycles. The third-order valence-corrected chi connectivity index (χ3v) is 12.1. The molecule has 0 heterocycles. The van der Waals surface area contributed by atoms with E-state index in [1.807, 2.05) is 0 Å². The van der Waals surface area contributed by atoms with Gasteiger partial charge in [0.25, 0.3) is 0 Å². The number of hydrogen-bond donors (Lipinski definition) is 1. The molecule has 0 aromatic carbocycles. The number of aliphatic carboxylic acids is 1. The van der Waals surface area contributed by atoms with Crippen LogP contribution in [-0.2, 0) is 4.79 Å². The van der Waals surface area contributed by atoms with Crippen molar-refractivity contribution in [3.8, 4) is 0 Å². The predicted molar refractivity (Wildman–Crippen MR) is 133 cm³/mol. The zero-order chi connectivity index (χ0) is 23.7. The number of allylic oxidation sites excluding steroid dienone is 2. The molecular weight excluding hydrogens is 392 g/mol. The molecule has 32 heavy (non-hydrogen) atoms. The van der Waals surface area contributed by atoms with Crippen molar-refractivity contribution in [3.63, 3.8) is 0 Å². The highest BCUT2D eigenvalue weighted by molar-refractivity contribution is 5.66. The summed E-state index contributed by atoms with van der Waals surface area (Å²) in [4.78, 5) is 11.6. The van der Waals surface area contributed by atoms with E-state index in [0.717, 1.165) is 12.3 Å². The van der Waals surface area contributed by atoms with E-state index in [9.17, 15) is 9.90 Å². The van der Waals surface area contributed by atoms with Crippen molar-refractivity contribution >= 4 is 5.97 Å². The van der Waals surface area contributed by atoms with Crippen molar-refractivity contribution < 1.29 is 9.90 Å². The van der Waals surface area contributed by atoms with Gasteiger partial charge in [-0.1, -0.05) is 67.0 Å². The quantitative estimate of drug-likeness (QED) is 0.443. The summed E-state index contributed by atoms with van der Waals surface area (Å²) in [5.41, 5.74) is 3.52. The van der Waals surface area contributed by atoms with Crippen LogP contribution in [0.3, 0.4) is 0 Å². The Morgan fingerprint density at radius 2 is 1.72 bits per heavy atom. The zero-order valence-electron chi connectivity index (χ0n) is 22.3. The van der Waals surface area contributed by atoms with Crippen LogP contribution < -0.4 is 0 Å². The van der Waals surface area contributed by atoms with Gasteiger partial charge in [0.1, 0.15) is 0 Å². The summed E-state index contributed by atoms with van der Waals surface area (Å²) in [6.45, 7) is 20.0. The van der Waals surface area contributed by atoms with Gasteiger partial charge in [-0.15, -0.1) is 0 Å². The summed E-state index contributed by atoms with van der Waals surface area (Å²) in [6, 6.07) is 0. The molecule has 0 bridgehead atoms. The fourth-order valence-electron chi connectivity index (χ4n) is 9.54. The Morgan fingerprint density at radius 1 is 1.03 bits per heavy atom. The van der Waals surface area contributed by atoms with Crippen LogP contribution in [0, 0.1) is 50.7 Å². The topological polar surface area (TPSA) is 37.3 Å². The molecule has 182 valence electrons. The number of rotatable bonds is 4. The van der Waals surface area contributed by atoms with Gasteiger partial charge in [-0.3, -0.25) is 4.79 Å². The van der Waals surface area contributed by atoms with Crippen LogP contribution in [0.5, 0.6) is 0 Å². The average Bonchev–Trinajstić information content (AvgIpc) is 2.68.